The minimum absolute atomic E-state index is 0.0427. The molecule has 0 aliphatic carbocycles. The molecule has 0 bridgehead atoms. The van der Waals surface area contributed by atoms with Crippen LogP contribution in [0.15, 0.2) is 42.5 Å². The number of nitrogens with one attached hydrogen (secondary N) is 1. The van der Waals surface area contributed by atoms with Crippen molar-refractivity contribution in [3.8, 4) is 0 Å². The van der Waals surface area contributed by atoms with Gasteiger partial charge in [0, 0.05) is 19.2 Å². The zero-order chi connectivity index (χ0) is 13.5. The summed E-state index contributed by atoms with van der Waals surface area (Å²) in [6.45, 7) is 6.01. The molecule has 0 unspecified atom stereocenters. The van der Waals surface area contributed by atoms with E-state index in [1.165, 1.54) is 4.90 Å². The van der Waals surface area contributed by atoms with E-state index in [1.54, 1.807) is 31.3 Å². The fraction of sp³-hybridized carbons (Fsp3) is 0.286. The van der Waals surface area contributed by atoms with Gasteiger partial charge in [-0.05, 0) is 19.1 Å². The molecule has 0 aliphatic heterocycles. The van der Waals surface area contributed by atoms with Crippen molar-refractivity contribution in [2.45, 2.75) is 6.92 Å². The Balaban J connectivity index is 2.50. The highest BCUT2D eigenvalue weighted by Crippen LogP contribution is 2.02. The highest BCUT2D eigenvalue weighted by atomic mass is 16.2. The molecule has 0 heterocycles. The molecule has 0 saturated carbocycles. The van der Waals surface area contributed by atoms with Gasteiger partial charge in [-0.2, -0.15) is 0 Å². The van der Waals surface area contributed by atoms with Crippen LogP contribution in [0.25, 0.3) is 0 Å². The maximum Gasteiger partial charge on any atom is 0.254 e. The van der Waals surface area contributed by atoms with Crippen molar-refractivity contribution in [3.63, 3.8) is 0 Å². The van der Waals surface area contributed by atoms with Crippen LogP contribution >= 0.6 is 0 Å². The molecule has 1 N–H and O–H groups in total. The molecular weight excluding hydrogens is 228 g/mol. The predicted octanol–water partition coefficient (Wildman–Crippen LogP) is 1.45. The van der Waals surface area contributed by atoms with Gasteiger partial charge in [-0.1, -0.05) is 30.4 Å². The standard InChI is InChI=1S/C14H18N2O2/c1-11(2)9-15-13(17)10-16(3)14(18)12-7-5-4-6-8-12/h4-8H,1,9-10H2,2-3H3,(H,15,17). The first-order valence-electron chi connectivity index (χ1n) is 5.72. The number of carbonyl (C=O) groups is 2. The van der Waals surface area contributed by atoms with E-state index in [2.05, 4.69) is 11.9 Å². The second-order valence-electron chi connectivity index (χ2n) is 4.26. The fourth-order valence-corrected chi connectivity index (χ4v) is 1.39. The molecule has 0 spiro atoms. The summed E-state index contributed by atoms with van der Waals surface area (Å²) in [4.78, 5) is 24.9. The molecule has 0 aliphatic rings. The second kappa shape index (κ2) is 6.59. The Bertz CT molecular complexity index is 440. The summed E-state index contributed by atoms with van der Waals surface area (Å²) in [7, 11) is 1.61. The summed E-state index contributed by atoms with van der Waals surface area (Å²) < 4.78 is 0. The van der Waals surface area contributed by atoms with Crippen molar-refractivity contribution in [2.24, 2.45) is 0 Å². The minimum atomic E-state index is -0.190. The molecule has 0 saturated heterocycles. The van der Waals surface area contributed by atoms with Crippen molar-refractivity contribution in [3.05, 3.63) is 48.0 Å². The summed E-state index contributed by atoms with van der Waals surface area (Å²) in [5, 5.41) is 2.69. The van der Waals surface area contributed by atoms with Gasteiger partial charge in [0.15, 0.2) is 0 Å². The largest absolute Gasteiger partial charge is 0.351 e. The molecule has 0 radical (unpaired) electrons. The van der Waals surface area contributed by atoms with Crippen molar-refractivity contribution in [1.82, 2.24) is 10.2 Å². The quantitative estimate of drug-likeness (QED) is 0.799. The lowest BCUT2D eigenvalue weighted by Gasteiger charge is -2.16. The summed E-state index contributed by atoms with van der Waals surface area (Å²) in [5.74, 6) is -0.356. The fourth-order valence-electron chi connectivity index (χ4n) is 1.39. The van der Waals surface area contributed by atoms with Crippen LogP contribution in [-0.2, 0) is 4.79 Å². The summed E-state index contributed by atoms with van der Waals surface area (Å²) in [6.07, 6.45) is 0. The van der Waals surface area contributed by atoms with Gasteiger partial charge in [0.1, 0.15) is 0 Å². The molecule has 18 heavy (non-hydrogen) atoms. The van der Waals surface area contributed by atoms with Crippen LogP contribution in [0.4, 0.5) is 0 Å². The maximum absolute atomic E-state index is 11.9. The lowest BCUT2D eigenvalue weighted by molar-refractivity contribution is -0.121. The molecule has 96 valence electrons. The lowest BCUT2D eigenvalue weighted by Crippen LogP contribution is -2.38. The van der Waals surface area contributed by atoms with Crippen LogP contribution in [0, 0.1) is 0 Å². The monoisotopic (exact) mass is 246 g/mol. The SMILES string of the molecule is C=C(C)CNC(=O)CN(C)C(=O)c1ccccc1. The Labute approximate surface area is 107 Å². The Morgan fingerprint density at radius 1 is 1.28 bits per heavy atom. The van der Waals surface area contributed by atoms with Crippen molar-refractivity contribution in [2.75, 3.05) is 20.1 Å². The summed E-state index contributed by atoms with van der Waals surface area (Å²) in [6, 6.07) is 8.88. The van der Waals surface area contributed by atoms with Crippen LogP contribution in [0.1, 0.15) is 17.3 Å². The molecule has 1 aromatic rings. The maximum atomic E-state index is 11.9. The van der Waals surface area contributed by atoms with E-state index >= 15 is 0 Å². The molecule has 1 aromatic carbocycles. The third-order valence-corrected chi connectivity index (χ3v) is 2.34. The van der Waals surface area contributed by atoms with Gasteiger partial charge in [0.05, 0.1) is 6.54 Å². The Kier molecular flexibility index (Phi) is 5.11. The third kappa shape index (κ3) is 4.41. The number of hydrogen-bond donors (Lipinski definition) is 1. The molecule has 2 amide bonds. The van der Waals surface area contributed by atoms with E-state index in [0.29, 0.717) is 12.1 Å². The number of benzene rings is 1. The molecular formula is C14H18N2O2. The van der Waals surface area contributed by atoms with Crippen LogP contribution in [-0.4, -0.2) is 36.9 Å². The van der Waals surface area contributed by atoms with Gasteiger partial charge in [-0.25, -0.2) is 0 Å². The van der Waals surface area contributed by atoms with E-state index in [0.717, 1.165) is 5.57 Å². The van der Waals surface area contributed by atoms with Crippen LogP contribution in [0.3, 0.4) is 0 Å². The number of nitrogens with zero attached hydrogens (tertiary/aromatic N) is 1. The van der Waals surface area contributed by atoms with E-state index in [4.69, 9.17) is 0 Å². The second-order valence-corrected chi connectivity index (χ2v) is 4.26. The number of likely N-dealkylation sites (N-methyl/N-ethyl adjacent to an activating group) is 1. The average molecular weight is 246 g/mol. The highest BCUT2D eigenvalue weighted by Gasteiger charge is 2.13. The number of rotatable bonds is 5. The van der Waals surface area contributed by atoms with Crippen molar-refractivity contribution < 1.29 is 9.59 Å². The molecule has 4 nitrogen and oxygen atoms in total. The van der Waals surface area contributed by atoms with E-state index in [-0.39, 0.29) is 18.4 Å². The molecule has 0 fully saturated rings. The smallest absolute Gasteiger partial charge is 0.254 e. The van der Waals surface area contributed by atoms with Gasteiger partial charge in [0.2, 0.25) is 5.91 Å². The number of hydrogen-bond acceptors (Lipinski definition) is 2. The summed E-state index contributed by atoms with van der Waals surface area (Å²) in [5.41, 5.74) is 1.45. The topological polar surface area (TPSA) is 49.4 Å². The summed E-state index contributed by atoms with van der Waals surface area (Å²) >= 11 is 0. The van der Waals surface area contributed by atoms with Gasteiger partial charge in [-0.15, -0.1) is 0 Å². The van der Waals surface area contributed by atoms with Crippen LogP contribution in [0.2, 0.25) is 0 Å². The van der Waals surface area contributed by atoms with Crippen LogP contribution in [0.5, 0.6) is 0 Å². The first kappa shape index (κ1) is 14.0. The zero-order valence-electron chi connectivity index (χ0n) is 10.8. The Morgan fingerprint density at radius 2 is 1.89 bits per heavy atom. The average Bonchev–Trinajstić information content (AvgIpc) is 2.36. The van der Waals surface area contributed by atoms with Gasteiger partial charge in [0.25, 0.3) is 5.91 Å². The lowest BCUT2D eigenvalue weighted by atomic mass is 10.2. The molecule has 1 rings (SSSR count). The van der Waals surface area contributed by atoms with Crippen molar-refractivity contribution in [1.29, 1.82) is 0 Å². The minimum Gasteiger partial charge on any atom is -0.351 e. The van der Waals surface area contributed by atoms with Gasteiger partial charge < -0.3 is 10.2 Å². The van der Waals surface area contributed by atoms with Crippen molar-refractivity contribution >= 4 is 11.8 Å². The predicted molar refractivity (Wildman–Crippen MR) is 71.2 cm³/mol. The first-order valence-corrected chi connectivity index (χ1v) is 5.72. The van der Waals surface area contributed by atoms with Crippen LogP contribution < -0.4 is 5.32 Å². The number of amides is 2. The van der Waals surface area contributed by atoms with E-state index < -0.39 is 0 Å². The highest BCUT2D eigenvalue weighted by molar-refractivity contribution is 5.96. The van der Waals surface area contributed by atoms with Gasteiger partial charge in [-0.3, -0.25) is 9.59 Å². The molecule has 0 atom stereocenters. The Hall–Kier alpha value is -2.10. The Morgan fingerprint density at radius 3 is 2.44 bits per heavy atom. The molecule has 4 heteroatoms. The normalized spacial score (nSPS) is 9.67. The first-order chi connectivity index (χ1) is 8.50. The number of carbonyl (C=O) groups excluding carboxylic acids is 2. The molecule has 0 aromatic heterocycles. The van der Waals surface area contributed by atoms with Gasteiger partial charge >= 0.3 is 0 Å². The third-order valence-electron chi connectivity index (χ3n) is 2.34. The van der Waals surface area contributed by atoms with E-state index in [9.17, 15) is 9.59 Å². The van der Waals surface area contributed by atoms with E-state index in [1.807, 2.05) is 13.0 Å². The zero-order valence-corrected chi connectivity index (χ0v) is 10.8.